The molecule has 1 unspecified atom stereocenters. The van der Waals surface area contributed by atoms with Crippen LogP contribution in [0.4, 0.5) is 0 Å². The van der Waals surface area contributed by atoms with Crippen LogP contribution in [0.3, 0.4) is 0 Å². The van der Waals surface area contributed by atoms with E-state index in [9.17, 15) is 18.3 Å². The minimum Gasteiger partial charge on any atom is -0.469 e. The highest BCUT2D eigenvalue weighted by atomic mass is 32.2. The van der Waals surface area contributed by atoms with Crippen LogP contribution in [0.25, 0.3) is 0 Å². The molecular weight excluding hydrogens is 264 g/mol. The average Bonchev–Trinajstić information content (AvgIpc) is 2.33. The third kappa shape index (κ3) is 6.26. The molecule has 0 fully saturated rings. The molecule has 18 heavy (non-hydrogen) atoms. The van der Waals surface area contributed by atoms with Crippen LogP contribution >= 0.6 is 0 Å². The quantitative estimate of drug-likeness (QED) is 0.447. The normalized spacial score (nSPS) is 15.4. The topological polar surface area (TPSA) is 116 Å². The van der Waals surface area contributed by atoms with Gasteiger partial charge in [-0.25, -0.2) is 0 Å². The van der Waals surface area contributed by atoms with E-state index < -0.39 is 28.4 Å². The van der Waals surface area contributed by atoms with Crippen molar-refractivity contribution >= 4 is 16.2 Å². The van der Waals surface area contributed by atoms with Crippen molar-refractivity contribution in [1.82, 2.24) is 9.03 Å². The lowest BCUT2D eigenvalue weighted by Gasteiger charge is -2.23. The van der Waals surface area contributed by atoms with E-state index in [4.69, 9.17) is 5.11 Å². The molecule has 0 saturated carbocycles. The molecule has 8 nitrogen and oxygen atoms in total. The fourth-order valence-corrected chi connectivity index (χ4v) is 1.93. The minimum atomic E-state index is -3.80. The highest BCUT2D eigenvalue weighted by molar-refractivity contribution is 7.87. The highest BCUT2D eigenvalue weighted by Crippen LogP contribution is 2.02. The second kappa shape index (κ2) is 7.00. The van der Waals surface area contributed by atoms with Crippen molar-refractivity contribution in [2.24, 2.45) is 0 Å². The van der Waals surface area contributed by atoms with Crippen molar-refractivity contribution in [2.75, 3.05) is 33.9 Å². The van der Waals surface area contributed by atoms with Gasteiger partial charge in [0.05, 0.1) is 25.7 Å². The number of carbonyl (C=O) groups excluding carboxylic acids is 1. The van der Waals surface area contributed by atoms with Crippen LogP contribution in [-0.2, 0) is 19.7 Å². The van der Waals surface area contributed by atoms with Gasteiger partial charge in [-0.15, -0.1) is 0 Å². The van der Waals surface area contributed by atoms with Crippen LogP contribution in [0.5, 0.6) is 0 Å². The Morgan fingerprint density at radius 2 is 2.06 bits per heavy atom. The van der Waals surface area contributed by atoms with Crippen molar-refractivity contribution in [2.45, 2.75) is 18.9 Å². The van der Waals surface area contributed by atoms with Gasteiger partial charge in [0.15, 0.2) is 0 Å². The second-order valence-electron chi connectivity index (χ2n) is 4.13. The van der Waals surface area contributed by atoms with Crippen LogP contribution in [0.15, 0.2) is 0 Å². The maximum absolute atomic E-state index is 11.7. The van der Waals surface area contributed by atoms with Gasteiger partial charge >= 0.3 is 5.97 Å². The molecule has 108 valence electrons. The van der Waals surface area contributed by atoms with Gasteiger partial charge in [0, 0.05) is 20.1 Å². The first kappa shape index (κ1) is 17.3. The Kier molecular flexibility index (Phi) is 6.71. The molecule has 0 bridgehead atoms. The molecule has 1 atom stereocenters. The van der Waals surface area contributed by atoms with Gasteiger partial charge in [-0.05, 0) is 6.92 Å². The summed E-state index contributed by atoms with van der Waals surface area (Å²) in [6, 6.07) is 0. The molecule has 0 heterocycles. The molecule has 0 aliphatic rings. The van der Waals surface area contributed by atoms with Crippen molar-refractivity contribution in [3.8, 4) is 0 Å². The van der Waals surface area contributed by atoms with Gasteiger partial charge in [-0.1, -0.05) is 0 Å². The van der Waals surface area contributed by atoms with Crippen LogP contribution in [0.2, 0.25) is 0 Å². The molecule has 0 saturated heterocycles. The SMILES string of the molecule is COC(=O)CCN(C)S(=O)(=O)NCC(C)(O)CO. The Labute approximate surface area is 107 Å². The highest BCUT2D eigenvalue weighted by Gasteiger charge is 2.24. The lowest BCUT2D eigenvalue weighted by Crippen LogP contribution is -2.47. The largest absolute Gasteiger partial charge is 0.469 e. The summed E-state index contributed by atoms with van der Waals surface area (Å²) in [5.74, 6) is -0.514. The van der Waals surface area contributed by atoms with E-state index in [1.54, 1.807) is 0 Å². The number of methoxy groups -OCH3 is 1. The van der Waals surface area contributed by atoms with Crippen molar-refractivity contribution in [1.29, 1.82) is 0 Å². The zero-order valence-electron chi connectivity index (χ0n) is 10.7. The number of esters is 1. The Morgan fingerprint density at radius 3 is 2.50 bits per heavy atom. The Hall–Kier alpha value is -0.740. The summed E-state index contributed by atoms with van der Waals surface area (Å²) in [6.45, 7) is 0.364. The summed E-state index contributed by atoms with van der Waals surface area (Å²) in [7, 11) is -1.30. The maximum Gasteiger partial charge on any atom is 0.306 e. The molecule has 0 spiro atoms. The summed E-state index contributed by atoms with van der Waals surface area (Å²) >= 11 is 0. The number of ether oxygens (including phenoxy) is 1. The first-order valence-electron chi connectivity index (χ1n) is 5.25. The predicted octanol–water partition coefficient (Wildman–Crippen LogP) is -1.94. The summed E-state index contributed by atoms with van der Waals surface area (Å²) in [6.07, 6.45) is -0.0652. The zero-order chi connectivity index (χ0) is 14.4. The second-order valence-corrected chi connectivity index (χ2v) is 5.99. The van der Waals surface area contributed by atoms with Gasteiger partial charge in [-0.2, -0.15) is 17.4 Å². The van der Waals surface area contributed by atoms with E-state index >= 15 is 0 Å². The van der Waals surface area contributed by atoms with E-state index in [1.807, 2.05) is 0 Å². The molecule has 0 aromatic heterocycles. The molecule has 0 rings (SSSR count). The number of nitrogens with zero attached hydrogens (tertiary/aromatic N) is 1. The van der Waals surface area contributed by atoms with Gasteiger partial charge in [0.2, 0.25) is 0 Å². The van der Waals surface area contributed by atoms with Crippen molar-refractivity contribution in [3.05, 3.63) is 0 Å². The molecule has 0 aliphatic heterocycles. The van der Waals surface area contributed by atoms with Crippen LogP contribution in [0.1, 0.15) is 13.3 Å². The molecule has 0 aromatic carbocycles. The van der Waals surface area contributed by atoms with Crippen molar-refractivity contribution in [3.63, 3.8) is 0 Å². The molecular formula is C9H20N2O6S. The fourth-order valence-electron chi connectivity index (χ4n) is 0.884. The summed E-state index contributed by atoms with van der Waals surface area (Å²) < 4.78 is 30.8. The van der Waals surface area contributed by atoms with Gasteiger partial charge in [-0.3, -0.25) is 4.79 Å². The van der Waals surface area contributed by atoms with E-state index in [-0.39, 0.29) is 19.5 Å². The molecule has 3 N–H and O–H groups in total. The Balaban J connectivity index is 4.32. The maximum atomic E-state index is 11.7. The van der Waals surface area contributed by atoms with E-state index in [2.05, 4.69) is 9.46 Å². The minimum absolute atomic E-state index is 0.0384. The number of hydrogen-bond donors (Lipinski definition) is 3. The molecule has 0 amide bonds. The predicted molar refractivity (Wildman–Crippen MR) is 63.9 cm³/mol. The summed E-state index contributed by atoms with van der Waals surface area (Å²) in [4.78, 5) is 10.9. The number of nitrogens with one attached hydrogen (secondary N) is 1. The van der Waals surface area contributed by atoms with Gasteiger partial charge < -0.3 is 14.9 Å². The lowest BCUT2D eigenvalue weighted by atomic mass is 10.1. The molecule has 0 radical (unpaired) electrons. The molecule has 9 heteroatoms. The Bertz CT molecular complexity index is 367. The van der Waals surface area contributed by atoms with Gasteiger partial charge in [0.1, 0.15) is 0 Å². The van der Waals surface area contributed by atoms with Crippen molar-refractivity contribution < 1.29 is 28.2 Å². The lowest BCUT2D eigenvalue weighted by molar-refractivity contribution is -0.140. The van der Waals surface area contributed by atoms with E-state index in [0.717, 1.165) is 4.31 Å². The standard InChI is InChI=1S/C9H20N2O6S/c1-9(14,7-12)6-10-18(15,16)11(2)5-4-8(13)17-3/h10,12,14H,4-7H2,1-3H3. The third-order valence-electron chi connectivity index (χ3n) is 2.24. The van der Waals surface area contributed by atoms with Crippen LogP contribution in [-0.4, -0.2) is 68.4 Å². The van der Waals surface area contributed by atoms with Gasteiger partial charge in [0.25, 0.3) is 10.2 Å². The number of aliphatic hydroxyl groups excluding tert-OH is 1. The van der Waals surface area contributed by atoms with Crippen LogP contribution in [0, 0.1) is 0 Å². The number of aliphatic hydroxyl groups is 2. The first-order chi connectivity index (χ1) is 8.14. The smallest absolute Gasteiger partial charge is 0.306 e. The number of carbonyl (C=O) groups is 1. The Morgan fingerprint density at radius 1 is 1.50 bits per heavy atom. The summed E-state index contributed by atoms with van der Waals surface area (Å²) in [5.41, 5.74) is -1.53. The zero-order valence-corrected chi connectivity index (χ0v) is 11.5. The molecule has 0 aromatic rings. The third-order valence-corrected chi connectivity index (χ3v) is 3.76. The summed E-state index contributed by atoms with van der Waals surface area (Å²) in [5, 5.41) is 18.2. The monoisotopic (exact) mass is 284 g/mol. The number of rotatable bonds is 8. The number of hydrogen-bond acceptors (Lipinski definition) is 6. The van der Waals surface area contributed by atoms with Crippen LogP contribution < -0.4 is 4.72 Å². The van der Waals surface area contributed by atoms with E-state index in [1.165, 1.54) is 21.1 Å². The molecule has 0 aliphatic carbocycles. The first-order valence-corrected chi connectivity index (χ1v) is 6.69. The van der Waals surface area contributed by atoms with E-state index in [0.29, 0.717) is 0 Å². The average molecular weight is 284 g/mol. The fraction of sp³-hybridized carbons (Fsp3) is 0.889.